The molecule has 0 radical (unpaired) electrons. The second-order valence-corrected chi connectivity index (χ2v) is 11.1. The normalized spacial score (nSPS) is 18.2. The van der Waals surface area contributed by atoms with E-state index < -0.39 is 5.54 Å². The first-order chi connectivity index (χ1) is 16.7. The molecular weight excluding hydrogens is 496 g/mol. The van der Waals surface area contributed by atoms with E-state index in [1.165, 1.54) is 0 Å². The lowest BCUT2D eigenvalue weighted by molar-refractivity contribution is 0.0489. The first-order valence-corrected chi connectivity index (χ1v) is 13.0. The number of ether oxygens (including phenoxy) is 1. The Morgan fingerprint density at radius 2 is 2.06 bits per heavy atom. The quantitative estimate of drug-likeness (QED) is 0.444. The molecule has 196 valence electrons. The van der Waals surface area contributed by atoms with Gasteiger partial charge in [-0.2, -0.15) is 18.6 Å². The molecule has 5 rings (SSSR count). The van der Waals surface area contributed by atoms with Gasteiger partial charge in [-0.3, -0.25) is 5.10 Å². The Labute approximate surface area is 222 Å². The van der Waals surface area contributed by atoms with Crippen LogP contribution in [0.5, 0.6) is 0 Å². The summed E-state index contributed by atoms with van der Waals surface area (Å²) >= 11 is 1.59. The number of thiophene rings is 1. The van der Waals surface area contributed by atoms with Crippen molar-refractivity contribution in [2.75, 3.05) is 39.2 Å². The second kappa shape index (κ2) is 10.5. The van der Waals surface area contributed by atoms with Crippen molar-refractivity contribution in [3.63, 3.8) is 0 Å². The molecular formula is C24H36N8O2S2. The van der Waals surface area contributed by atoms with E-state index in [1.54, 1.807) is 11.3 Å². The monoisotopic (exact) mass is 532 g/mol. The van der Waals surface area contributed by atoms with E-state index in [1.807, 2.05) is 37.4 Å². The van der Waals surface area contributed by atoms with E-state index in [0.717, 1.165) is 59.9 Å². The minimum atomic E-state index is -0.524. The molecule has 1 fully saturated rings. The zero-order chi connectivity index (χ0) is 24.7. The predicted octanol–water partition coefficient (Wildman–Crippen LogP) is 3.70. The van der Waals surface area contributed by atoms with E-state index in [4.69, 9.17) is 4.74 Å². The number of carbonyl (C=O) groups is 1. The van der Waals surface area contributed by atoms with E-state index in [9.17, 15) is 4.79 Å². The predicted molar refractivity (Wildman–Crippen MR) is 147 cm³/mol. The number of carbonyl (C=O) groups excluding carboxylic acids is 1. The van der Waals surface area contributed by atoms with Crippen LogP contribution in [0, 0.1) is 12.8 Å². The average molecular weight is 533 g/mol. The van der Waals surface area contributed by atoms with Crippen molar-refractivity contribution in [2.45, 2.75) is 51.7 Å². The maximum absolute atomic E-state index is 13.6. The Hall–Kier alpha value is -2.41. The maximum atomic E-state index is 13.6. The van der Waals surface area contributed by atoms with Gasteiger partial charge in [-0.25, -0.2) is 14.8 Å². The number of likely N-dealkylation sites (N-methyl/N-ethyl adjacent to an activating group) is 1. The summed E-state index contributed by atoms with van der Waals surface area (Å²) < 4.78 is 5.55. The molecule has 3 aromatic heterocycles. The number of amides is 2. The Balaban J connectivity index is 0.00000304. The molecule has 3 N–H and O–H groups in total. The van der Waals surface area contributed by atoms with Gasteiger partial charge >= 0.3 is 6.03 Å². The van der Waals surface area contributed by atoms with Crippen LogP contribution in [0.25, 0.3) is 10.2 Å². The van der Waals surface area contributed by atoms with Gasteiger partial charge < -0.3 is 25.2 Å². The van der Waals surface area contributed by atoms with Crippen molar-refractivity contribution in [3.05, 3.63) is 28.5 Å². The fourth-order valence-corrected chi connectivity index (χ4v) is 5.98. The molecule has 36 heavy (non-hydrogen) atoms. The summed E-state index contributed by atoms with van der Waals surface area (Å²) in [4.78, 5) is 27.7. The molecule has 1 atom stereocenters. The van der Waals surface area contributed by atoms with Crippen LogP contribution in [-0.4, -0.2) is 75.9 Å². The number of urea groups is 1. The minimum Gasteiger partial charge on any atom is -0.381 e. The van der Waals surface area contributed by atoms with Gasteiger partial charge in [0.05, 0.1) is 23.2 Å². The van der Waals surface area contributed by atoms with E-state index in [0.29, 0.717) is 24.1 Å². The van der Waals surface area contributed by atoms with Crippen LogP contribution in [0.1, 0.15) is 43.8 Å². The Morgan fingerprint density at radius 1 is 1.31 bits per heavy atom. The standard InChI is InChI=1S/C24H34N8O2S.H2S/c1-14-25-20(16-8-11-35-22(16)26-14)28-21-17-12-32(24(2,3)19(17)29-30-21)23(33)27-18(13-31(4)5)15-6-9-34-10-7-15;/h8,11,15,18H,6-7,9-10,12-13H2,1-5H3,(H,27,33)(H2,25,26,28,29,30);1H2/t18-;/m1./s1. The van der Waals surface area contributed by atoms with Gasteiger partial charge in [0.15, 0.2) is 5.82 Å². The van der Waals surface area contributed by atoms with Gasteiger partial charge in [-0.15, -0.1) is 11.3 Å². The number of nitrogens with one attached hydrogen (secondary N) is 3. The third-order valence-electron chi connectivity index (χ3n) is 7.09. The summed E-state index contributed by atoms with van der Waals surface area (Å²) in [5.74, 6) is 2.54. The lowest BCUT2D eigenvalue weighted by Crippen LogP contribution is -2.54. The van der Waals surface area contributed by atoms with Crippen LogP contribution in [-0.2, 0) is 16.8 Å². The number of aryl methyl sites for hydroxylation is 1. The molecule has 2 aliphatic rings. The summed E-state index contributed by atoms with van der Waals surface area (Å²) in [6.45, 7) is 8.77. The summed E-state index contributed by atoms with van der Waals surface area (Å²) in [5, 5.41) is 17.5. The van der Waals surface area contributed by atoms with Crippen molar-refractivity contribution in [1.29, 1.82) is 0 Å². The molecule has 2 amide bonds. The van der Waals surface area contributed by atoms with Crippen molar-refractivity contribution >= 4 is 52.7 Å². The topological polar surface area (TPSA) is 111 Å². The SMILES string of the molecule is Cc1nc(Nc2n[nH]c3c2CN(C(=O)N[C@H](CN(C)C)C2CCOCC2)C3(C)C)c2ccsc2n1.S. The number of fused-ring (bicyclic) bond motifs is 2. The van der Waals surface area contributed by atoms with Gasteiger partial charge in [-0.1, -0.05) is 0 Å². The molecule has 10 nitrogen and oxygen atoms in total. The molecule has 5 heterocycles. The lowest BCUT2D eigenvalue weighted by Gasteiger charge is -2.37. The van der Waals surface area contributed by atoms with Crippen LogP contribution in [0.3, 0.4) is 0 Å². The highest BCUT2D eigenvalue weighted by atomic mass is 32.1. The van der Waals surface area contributed by atoms with Gasteiger partial charge in [-0.05, 0) is 65.1 Å². The average Bonchev–Trinajstić information content (AvgIpc) is 3.50. The molecule has 12 heteroatoms. The minimum absolute atomic E-state index is 0. The highest BCUT2D eigenvalue weighted by molar-refractivity contribution is 7.59. The number of hydrogen-bond acceptors (Lipinski definition) is 8. The highest BCUT2D eigenvalue weighted by Crippen LogP contribution is 2.41. The molecule has 0 bridgehead atoms. The molecule has 0 aromatic carbocycles. The van der Waals surface area contributed by atoms with Gasteiger partial charge in [0, 0.05) is 31.4 Å². The van der Waals surface area contributed by atoms with E-state index >= 15 is 0 Å². The Bertz CT molecular complexity index is 1220. The lowest BCUT2D eigenvalue weighted by atomic mass is 9.91. The third-order valence-corrected chi connectivity index (χ3v) is 7.90. The smallest absolute Gasteiger partial charge is 0.318 e. The largest absolute Gasteiger partial charge is 0.381 e. The zero-order valence-electron chi connectivity index (χ0n) is 21.5. The first kappa shape index (κ1) is 26.6. The number of aromatic nitrogens is 4. The Morgan fingerprint density at radius 3 is 2.78 bits per heavy atom. The number of aromatic amines is 1. The molecule has 0 aliphatic carbocycles. The summed E-state index contributed by atoms with van der Waals surface area (Å²) in [7, 11) is 4.10. The zero-order valence-corrected chi connectivity index (χ0v) is 23.3. The number of hydrogen-bond donors (Lipinski definition) is 3. The Kier molecular flexibility index (Phi) is 7.79. The van der Waals surface area contributed by atoms with Crippen molar-refractivity contribution in [3.8, 4) is 0 Å². The van der Waals surface area contributed by atoms with Gasteiger partial charge in [0.25, 0.3) is 0 Å². The van der Waals surface area contributed by atoms with Crippen LogP contribution < -0.4 is 10.6 Å². The van der Waals surface area contributed by atoms with E-state index in [-0.39, 0.29) is 25.6 Å². The molecule has 2 aliphatic heterocycles. The van der Waals surface area contributed by atoms with Gasteiger partial charge in [0.1, 0.15) is 16.5 Å². The number of rotatable bonds is 6. The van der Waals surface area contributed by atoms with Crippen molar-refractivity contribution in [2.24, 2.45) is 5.92 Å². The van der Waals surface area contributed by atoms with Gasteiger partial charge in [0.2, 0.25) is 0 Å². The van der Waals surface area contributed by atoms with Crippen molar-refractivity contribution in [1.82, 2.24) is 35.3 Å². The van der Waals surface area contributed by atoms with Crippen LogP contribution >= 0.6 is 24.8 Å². The van der Waals surface area contributed by atoms with Crippen LogP contribution in [0.4, 0.5) is 16.4 Å². The van der Waals surface area contributed by atoms with Crippen LogP contribution in [0.2, 0.25) is 0 Å². The fourth-order valence-electron chi connectivity index (χ4n) is 5.18. The summed E-state index contributed by atoms with van der Waals surface area (Å²) in [6, 6.07) is 2.03. The van der Waals surface area contributed by atoms with Crippen LogP contribution in [0.15, 0.2) is 11.4 Å². The summed E-state index contributed by atoms with van der Waals surface area (Å²) in [5.41, 5.74) is 1.40. The molecule has 0 unspecified atom stereocenters. The molecule has 0 spiro atoms. The van der Waals surface area contributed by atoms with E-state index in [2.05, 4.69) is 49.5 Å². The number of H-pyrrole nitrogens is 1. The molecule has 1 saturated heterocycles. The first-order valence-electron chi connectivity index (χ1n) is 12.1. The van der Waals surface area contributed by atoms with Crippen molar-refractivity contribution < 1.29 is 9.53 Å². The highest BCUT2D eigenvalue weighted by Gasteiger charge is 2.44. The number of anilines is 2. The maximum Gasteiger partial charge on any atom is 0.318 e. The third kappa shape index (κ3) is 5.04. The fraction of sp³-hybridized carbons (Fsp3) is 0.583. The molecule has 0 saturated carbocycles. The number of nitrogens with zero attached hydrogens (tertiary/aromatic N) is 5. The second-order valence-electron chi connectivity index (χ2n) is 10.2. The summed E-state index contributed by atoms with van der Waals surface area (Å²) in [6.07, 6.45) is 1.93. The molecule has 3 aromatic rings.